The second-order valence-corrected chi connectivity index (χ2v) is 4.58. The van der Waals surface area contributed by atoms with Crippen LogP contribution in [0.2, 0.25) is 0 Å². The number of rotatable bonds is 1. The Bertz CT molecular complexity index is 298. The van der Waals surface area contributed by atoms with Gasteiger partial charge in [-0.15, -0.1) is 0 Å². The molecule has 1 aliphatic carbocycles. The van der Waals surface area contributed by atoms with Crippen LogP contribution in [0.5, 0.6) is 0 Å². The average Bonchev–Trinajstić information content (AvgIpc) is 2.51. The van der Waals surface area contributed by atoms with Crippen LogP contribution < -0.4 is 0 Å². The summed E-state index contributed by atoms with van der Waals surface area (Å²) < 4.78 is 1.10. The average molecular weight is 241 g/mol. The van der Waals surface area contributed by atoms with Crippen LogP contribution in [0.1, 0.15) is 30.7 Å². The highest BCUT2D eigenvalue weighted by Gasteiger charge is 2.26. The summed E-state index contributed by atoms with van der Waals surface area (Å²) in [5.41, 5.74) is 1.26. The minimum Gasteiger partial charge on any atom is -0.392 e. The Morgan fingerprint density at radius 3 is 2.77 bits per heavy atom. The van der Waals surface area contributed by atoms with Crippen molar-refractivity contribution in [3.05, 3.63) is 34.3 Å². The molecule has 1 fully saturated rings. The van der Waals surface area contributed by atoms with Gasteiger partial charge in [0.15, 0.2) is 0 Å². The van der Waals surface area contributed by atoms with Crippen LogP contribution in [0.3, 0.4) is 0 Å². The molecule has 1 nitrogen and oxygen atoms in total. The van der Waals surface area contributed by atoms with Gasteiger partial charge in [0.05, 0.1) is 6.10 Å². The van der Waals surface area contributed by atoms with E-state index in [0.29, 0.717) is 5.92 Å². The summed E-state index contributed by atoms with van der Waals surface area (Å²) in [5.74, 6) is 0.359. The minimum atomic E-state index is -0.130. The van der Waals surface area contributed by atoms with E-state index in [4.69, 9.17) is 0 Å². The molecule has 1 aliphatic rings. The topological polar surface area (TPSA) is 20.2 Å². The SMILES string of the molecule is O[C@@H]1CCC[C@H]1c1cccc(Br)c1. The molecule has 0 unspecified atom stereocenters. The van der Waals surface area contributed by atoms with Gasteiger partial charge < -0.3 is 5.11 Å². The van der Waals surface area contributed by atoms with Crippen molar-refractivity contribution in [1.82, 2.24) is 0 Å². The van der Waals surface area contributed by atoms with Crippen molar-refractivity contribution in [2.24, 2.45) is 0 Å². The van der Waals surface area contributed by atoms with Gasteiger partial charge in [-0.25, -0.2) is 0 Å². The molecule has 0 saturated heterocycles. The zero-order chi connectivity index (χ0) is 9.26. The first kappa shape index (κ1) is 9.22. The first-order valence-electron chi connectivity index (χ1n) is 4.71. The smallest absolute Gasteiger partial charge is 0.0608 e. The van der Waals surface area contributed by atoms with Crippen LogP contribution in [0.15, 0.2) is 28.7 Å². The molecular weight excluding hydrogens is 228 g/mol. The Labute approximate surface area is 86.9 Å². The maximum absolute atomic E-state index is 9.72. The van der Waals surface area contributed by atoms with Crippen LogP contribution in [0.25, 0.3) is 0 Å². The molecule has 1 N–H and O–H groups in total. The molecule has 0 aromatic heterocycles. The van der Waals surface area contributed by atoms with Crippen molar-refractivity contribution in [2.45, 2.75) is 31.3 Å². The number of halogens is 1. The maximum Gasteiger partial charge on any atom is 0.0608 e. The van der Waals surface area contributed by atoms with Crippen LogP contribution in [0, 0.1) is 0 Å². The lowest BCUT2D eigenvalue weighted by molar-refractivity contribution is 0.164. The summed E-state index contributed by atoms with van der Waals surface area (Å²) >= 11 is 3.45. The predicted octanol–water partition coefficient (Wildman–Crippen LogP) is 3.08. The molecule has 13 heavy (non-hydrogen) atoms. The van der Waals surface area contributed by atoms with Gasteiger partial charge in [-0.05, 0) is 30.5 Å². The van der Waals surface area contributed by atoms with Crippen molar-refractivity contribution < 1.29 is 5.11 Å². The largest absolute Gasteiger partial charge is 0.392 e. The molecule has 0 heterocycles. The van der Waals surface area contributed by atoms with Crippen LogP contribution >= 0.6 is 15.9 Å². The third kappa shape index (κ3) is 1.94. The highest BCUT2D eigenvalue weighted by atomic mass is 79.9. The summed E-state index contributed by atoms with van der Waals surface area (Å²) in [6, 6.07) is 8.26. The molecule has 0 radical (unpaired) electrons. The summed E-state index contributed by atoms with van der Waals surface area (Å²) in [5, 5.41) is 9.72. The fourth-order valence-electron chi connectivity index (χ4n) is 2.07. The van der Waals surface area contributed by atoms with E-state index < -0.39 is 0 Å². The highest BCUT2D eigenvalue weighted by Crippen LogP contribution is 2.35. The number of aliphatic hydroxyl groups is 1. The van der Waals surface area contributed by atoms with Crippen molar-refractivity contribution in [3.63, 3.8) is 0 Å². The summed E-state index contributed by atoms with van der Waals surface area (Å²) in [6.45, 7) is 0. The van der Waals surface area contributed by atoms with Crippen LogP contribution in [-0.4, -0.2) is 11.2 Å². The van der Waals surface area contributed by atoms with Gasteiger partial charge in [-0.1, -0.05) is 34.5 Å². The van der Waals surface area contributed by atoms with E-state index in [1.54, 1.807) is 0 Å². The van der Waals surface area contributed by atoms with E-state index in [-0.39, 0.29) is 6.10 Å². The standard InChI is InChI=1S/C11H13BrO/c12-9-4-1-3-8(7-9)10-5-2-6-11(10)13/h1,3-4,7,10-11,13H,2,5-6H2/t10-,11+/m0/s1. The van der Waals surface area contributed by atoms with Gasteiger partial charge in [0, 0.05) is 10.4 Å². The lowest BCUT2D eigenvalue weighted by atomic mass is 9.96. The molecule has 0 aliphatic heterocycles. The van der Waals surface area contributed by atoms with Crippen LogP contribution in [-0.2, 0) is 0 Å². The molecule has 2 rings (SSSR count). The quantitative estimate of drug-likeness (QED) is 0.801. The Kier molecular flexibility index (Phi) is 2.70. The summed E-state index contributed by atoms with van der Waals surface area (Å²) in [6.07, 6.45) is 3.10. The Balaban J connectivity index is 2.24. The van der Waals surface area contributed by atoms with Gasteiger partial charge in [0.2, 0.25) is 0 Å². The van der Waals surface area contributed by atoms with Gasteiger partial charge in [-0.3, -0.25) is 0 Å². The molecule has 2 heteroatoms. The molecular formula is C11H13BrO. The highest BCUT2D eigenvalue weighted by molar-refractivity contribution is 9.10. The van der Waals surface area contributed by atoms with Crippen molar-refractivity contribution >= 4 is 15.9 Å². The van der Waals surface area contributed by atoms with E-state index in [1.165, 1.54) is 5.56 Å². The Morgan fingerprint density at radius 1 is 1.31 bits per heavy atom. The second-order valence-electron chi connectivity index (χ2n) is 3.66. The molecule has 1 aromatic carbocycles. The lowest BCUT2D eigenvalue weighted by Crippen LogP contribution is -2.10. The zero-order valence-corrected chi connectivity index (χ0v) is 9.00. The molecule has 1 aromatic rings. The monoisotopic (exact) mass is 240 g/mol. The summed E-state index contributed by atoms with van der Waals surface area (Å²) in [4.78, 5) is 0. The number of hydrogen-bond donors (Lipinski definition) is 1. The first-order valence-corrected chi connectivity index (χ1v) is 5.50. The van der Waals surface area contributed by atoms with Crippen molar-refractivity contribution in [1.29, 1.82) is 0 Å². The van der Waals surface area contributed by atoms with Gasteiger partial charge in [-0.2, -0.15) is 0 Å². The molecule has 1 saturated carbocycles. The van der Waals surface area contributed by atoms with Crippen LogP contribution in [0.4, 0.5) is 0 Å². The van der Waals surface area contributed by atoms with Gasteiger partial charge >= 0.3 is 0 Å². The molecule has 0 spiro atoms. The van der Waals surface area contributed by atoms with E-state index in [9.17, 15) is 5.11 Å². The Morgan fingerprint density at radius 2 is 2.15 bits per heavy atom. The lowest BCUT2D eigenvalue weighted by Gasteiger charge is -2.14. The first-order chi connectivity index (χ1) is 6.27. The number of hydrogen-bond acceptors (Lipinski definition) is 1. The fraction of sp³-hybridized carbons (Fsp3) is 0.455. The van der Waals surface area contributed by atoms with Crippen molar-refractivity contribution in [2.75, 3.05) is 0 Å². The molecule has 70 valence electrons. The van der Waals surface area contributed by atoms with E-state index in [2.05, 4.69) is 28.1 Å². The molecule has 0 amide bonds. The molecule has 0 bridgehead atoms. The normalized spacial score (nSPS) is 27.8. The van der Waals surface area contributed by atoms with E-state index in [1.807, 2.05) is 12.1 Å². The zero-order valence-electron chi connectivity index (χ0n) is 7.41. The second kappa shape index (κ2) is 3.81. The minimum absolute atomic E-state index is 0.130. The maximum atomic E-state index is 9.72. The van der Waals surface area contributed by atoms with Gasteiger partial charge in [0.1, 0.15) is 0 Å². The number of benzene rings is 1. The number of aliphatic hydroxyl groups excluding tert-OH is 1. The Hall–Kier alpha value is -0.340. The van der Waals surface area contributed by atoms with E-state index in [0.717, 1.165) is 23.7 Å². The van der Waals surface area contributed by atoms with Crippen molar-refractivity contribution in [3.8, 4) is 0 Å². The summed E-state index contributed by atoms with van der Waals surface area (Å²) in [7, 11) is 0. The van der Waals surface area contributed by atoms with Gasteiger partial charge in [0.25, 0.3) is 0 Å². The molecule has 2 atom stereocenters. The third-order valence-corrected chi connectivity index (χ3v) is 3.25. The van der Waals surface area contributed by atoms with E-state index >= 15 is 0 Å². The predicted molar refractivity (Wildman–Crippen MR) is 56.7 cm³/mol. The third-order valence-electron chi connectivity index (χ3n) is 2.76. The fourth-order valence-corrected chi connectivity index (χ4v) is 2.48.